The quantitative estimate of drug-likeness (QED) is 0.404. The first-order valence-electron chi connectivity index (χ1n) is 0.204. The molecule has 0 unspecified atom stereocenters. The van der Waals surface area contributed by atoms with E-state index < -0.39 is 0 Å². The van der Waals surface area contributed by atoms with Crippen molar-refractivity contribution < 1.29 is 0 Å². The third-order valence-electron chi connectivity index (χ3n) is 0. The molecule has 0 aromatic carbocycles. The standard InChI is InChI=1S/GeS.Li.Mg/c1-2;;. The van der Waals surface area contributed by atoms with Crippen LogP contribution in [0.3, 0.4) is 0 Å². The van der Waals surface area contributed by atoms with Gasteiger partial charge in [-0.1, -0.05) is 0 Å². The van der Waals surface area contributed by atoms with Gasteiger partial charge in [-0.2, -0.15) is 0 Å². The molecule has 0 aromatic rings. The van der Waals surface area contributed by atoms with Gasteiger partial charge in [0, 0.05) is 41.9 Å². The maximum absolute atomic E-state index is 4.08. The van der Waals surface area contributed by atoms with Crippen LogP contribution in [0.15, 0.2) is 0 Å². The Morgan fingerprint density at radius 3 is 1.25 bits per heavy atom. The molecular formula is GeLiMgS. The zero-order valence-electron chi connectivity index (χ0n) is 2.62. The molecule has 0 aliphatic heterocycles. The topological polar surface area (TPSA) is 0 Å². The molecule has 0 saturated heterocycles. The van der Waals surface area contributed by atoms with Crippen molar-refractivity contribution in [2.45, 2.75) is 0 Å². The summed E-state index contributed by atoms with van der Waals surface area (Å²) in [6.45, 7) is 0. The number of hydrogen-bond acceptors (Lipinski definition) is 1. The van der Waals surface area contributed by atoms with Crippen LogP contribution in [0.5, 0.6) is 0 Å². The third-order valence-corrected chi connectivity index (χ3v) is 0. The predicted molar refractivity (Wildman–Crippen MR) is 24.9 cm³/mol. The first kappa shape index (κ1) is 16.5. The third kappa shape index (κ3) is 8.92. The maximum atomic E-state index is 4.08. The van der Waals surface area contributed by atoms with E-state index in [2.05, 4.69) is 10.5 Å². The SMILES string of the molecule is [Li].[Mg].[S]=[Ge]. The van der Waals surface area contributed by atoms with Crippen LogP contribution in [0.25, 0.3) is 0 Å². The van der Waals surface area contributed by atoms with E-state index in [0.29, 0.717) is 0 Å². The van der Waals surface area contributed by atoms with Gasteiger partial charge >= 0.3 is 25.3 Å². The minimum atomic E-state index is 0. The van der Waals surface area contributed by atoms with Crippen LogP contribution in [-0.2, 0) is 0 Å². The second-order valence-electron chi connectivity index (χ2n) is 0. The minimum absolute atomic E-state index is 0. The van der Waals surface area contributed by atoms with Crippen molar-refractivity contribution in [2.75, 3.05) is 0 Å². The summed E-state index contributed by atoms with van der Waals surface area (Å²) in [4.78, 5) is 0. The molecule has 5 radical (unpaired) electrons. The Labute approximate surface area is 66.4 Å². The normalized spacial score (nSPS) is 1.00. The van der Waals surface area contributed by atoms with Gasteiger partial charge in [0.25, 0.3) is 0 Å². The monoisotopic (exact) mass is 137 g/mol. The fourth-order valence-electron chi connectivity index (χ4n) is 0. The van der Waals surface area contributed by atoms with Crippen LogP contribution in [0, 0.1) is 0 Å². The molecule has 0 fully saturated rings. The molecule has 4 heavy (non-hydrogen) atoms. The average molecular weight is 136 g/mol. The van der Waals surface area contributed by atoms with Gasteiger partial charge in [-0.3, -0.25) is 0 Å². The van der Waals surface area contributed by atoms with Gasteiger partial charge in [-0.25, -0.2) is 0 Å². The first-order valence-corrected chi connectivity index (χ1v) is 3.18. The Morgan fingerprint density at radius 2 is 1.25 bits per heavy atom. The molecule has 0 N–H and O–H groups in total. The molecule has 0 atom stereocenters. The van der Waals surface area contributed by atoms with Crippen molar-refractivity contribution in [3.05, 3.63) is 0 Å². The van der Waals surface area contributed by atoms with E-state index in [-0.39, 0.29) is 41.9 Å². The molecule has 0 bridgehead atoms. The Kier molecular flexibility index (Phi) is 79.5. The zero-order chi connectivity index (χ0) is 2.00. The van der Waals surface area contributed by atoms with Crippen molar-refractivity contribution in [1.82, 2.24) is 0 Å². The van der Waals surface area contributed by atoms with Gasteiger partial charge in [0.2, 0.25) is 0 Å². The second kappa shape index (κ2) is 19.3. The van der Waals surface area contributed by atoms with E-state index in [0.717, 1.165) is 0 Å². The van der Waals surface area contributed by atoms with E-state index in [1.54, 1.807) is 14.9 Å². The Balaban J connectivity index is -0.00000000500. The second-order valence-corrected chi connectivity index (χ2v) is 0. The van der Waals surface area contributed by atoms with Gasteiger partial charge < -0.3 is 0 Å². The molecule has 0 spiro atoms. The summed E-state index contributed by atoms with van der Waals surface area (Å²) in [5.41, 5.74) is 0. The first-order chi connectivity index (χ1) is 1.00. The Hall–Kier alpha value is 2.13. The van der Waals surface area contributed by atoms with Crippen LogP contribution in [0.1, 0.15) is 0 Å². The van der Waals surface area contributed by atoms with Crippen LogP contribution in [0.4, 0.5) is 0 Å². The Bertz CT molecular complexity index is 8.00. The van der Waals surface area contributed by atoms with E-state index in [4.69, 9.17) is 0 Å². The average Bonchev–Trinajstić information content (AvgIpc) is 1.00. The van der Waals surface area contributed by atoms with Crippen molar-refractivity contribution in [2.24, 2.45) is 0 Å². The van der Waals surface area contributed by atoms with Crippen LogP contribution < -0.4 is 0 Å². The molecule has 0 heterocycles. The summed E-state index contributed by atoms with van der Waals surface area (Å²) in [5.74, 6) is 0. The van der Waals surface area contributed by atoms with Crippen molar-refractivity contribution >= 4 is 67.2 Å². The fraction of sp³-hybridized carbons (Fsp3) is 0. The van der Waals surface area contributed by atoms with E-state index in [9.17, 15) is 0 Å². The summed E-state index contributed by atoms with van der Waals surface area (Å²) in [5, 5.41) is 0. The molecule has 4 heteroatoms. The zero-order valence-corrected chi connectivity index (χ0v) is 6.94. The van der Waals surface area contributed by atoms with Gasteiger partial charge in [-0.15, -0.1) is 0 Å². The molecule has 0 saturated carbocycles. The summed E-state index contributed by atoms with van der Waals surface area (Å²) in [6, 6.07) is 0. The molecule has 13 valence electrons. The van der Waals surface area contributed by atoms with Gasteiger partial charge in [0.15, 0.2) is 0 Å². The molecule has 0 aliphatic rings. The van der Waals surface area contributed by atoms with Crippen molar-refractivity contribution in [3.63, 3.8) is 0 Å². The summed E-state index contributed by atoms with van der Waals surface area (Å²) < 4.78 is 0. The molecular weight excluding hydrogens is 136 g/mol. The van der Waals surface area contributed by atoms with Crippen molar-refractivity contribution in [1.29, 1.82) is 0 Å². The molecule has 0 nitrogen and oxygen atoms in total. The summed E-state index contributed by atoms with van der Waals surface area (Å²) in [7, 11) is 4.08. The molecule has 0 aliphatic carbocycles. The van der Waals surface area contributed by atoms with Crippen LogP contribution >= 0.6 is 10.5 Å². The van der Waals surface area contributed by atoms with Gasteiger partial charge in [-0.05, 0) is 0 Å². The predicted octanol–water partition coefficient (Wildman–Crippen LogP) is -0.494. The van der Waals surface area contributed by atoms with Crippen LogP contribution in [-0.4, -0.2) is 56.8 Å². The molecule has 0 amide bonds. The number of hydrogen-bond donors (Lipinski definition) is 0. The molecule has 0 rings (SSSR count). The van der Waals surface area contributed by atoms with Gasteiger partial charge in [0.1, 0.15) is 0 Å². The fourth-order valence-corrected chi connectivity index (χ4v) is 0. The summed E-state index contributed by atoms with van der Waals surface area (Å²) in [6.07, 6.45) is 0. The number of rotatable bonds is 0. The molecule has 0 aromatic heterocycles. The van der Waals surface area contributed by atoms with Gasteiger partial charge in [0.05, 0.1) is 0 Å². The van der Waals surface area contributed by atoms with E-state index >= 15 is 0 Å². The summed E-state index contributed by atoms with van der Waals surface area (Å²) >= 11 is 1.58. The van der Waals surface area contributed by atoms with E-state index in [1.165, 1.54) is 0 Å². The van der Waals surface area contributed by atoms with Crippen LogP contribution in [0.2, 0.25) is 0 Å². The van der Waals surface area contributed by atoms with E-state index in [1.807, 2.05) is 0 Å². The Morgan fingerprint density at radius 1 is 1.25 bits per heavy atom. The van der Waals surface area contributed by atoms with Crippen molar-refractivity contribution in [3.8, 4) is 0 Å².